The quantitative estimate of drug-likeness (QED) is 0.361. The lowest BCUT2D eigenvalue weighted by molar-refractivity contribution is -0.125. The summed E-state index contributed by atoms with van der Waals surface area (Å²) >= 11 is 0. The van der Waals surface area contributed by atoms with Crippen LogP contribution in [0, 0.1) is 11.3 Å². The summed E-state index contributed by atoms with van der Waals surface area (Å²) in [5, 5.41) is 12.0. The van der Waals surface area contributed by atoms with Crippen molar-refractivity contribution in [2.24, 2.45) is 16.3 Å². The van der Waals surface area contributed by atoms with Crippen LogP contribution in [0.4, 0.5) is 0 Å². The van der Waals surface area contributed by atoms with Crippen LogP contribution in [-0.2, 0) is 29.0 Å². The SMILES string of the molecule is CN=C(NC1CCc2nc(COC)nn2C1)NC1C2CCOC2C12CCCC2.I. The third-order valence-corrected chi connectivity index (χ3v) is 7.32. The third-order valence-electron chi connectivity index (χ3n) is 7.32. The zero-order valence-corrected chi connectivity index (χ0v) is 19.7. The second-order valence-electron chi connectivity index (χ2n) is 8.82. The van der Waals surface area contributed by atoms with Gasteiger partial charge in [0, 0.05) is 50.6 Å². The van der Waals surface area contributed by atoms with Gasteiger partial charge in [-0.05, 0) is 25.7 Å². The number of hydrogen-bond acceptors (Lipinski definition) is 5. The van der Waals surface area contributed by atoms with E-state index in [0.29, 0.717) is 36.1 Å². The maximum Gasteiger partial charge on any atom is 0.191 e. The molecule has 1 spiro atoms. The van der Waals surface area contributed by atoms with Crippen molar-refractivity contribution in [3.63, 3.8) is 0 Å². The Bertz CT molecular complexity index is 747. The van der Waals surface area contributed by atoms with E-state index in [9.17, 15) is 0 Å². The monoisotopic (exact) mass is 516 g/mol. The Morgan fingerprint density at radius 2 is 2.14 bits per heavy atom. The third kappa shape index (κ3) is 3.67. The molecule has 2 aliphatic heterocycles. The Hall–Kier alpha value is -0.940. The number of rotatable bonds is 4. The lowest BCUT2D eigenvalue weighted by Gasteiger charge is -2.57. The lowest BCUT2D eigenvalue weighted by atomic mass is 9.54. The van der Waals surface area contributed by atoms with Gasteiger partial charge in [-0.1, -0.05) is 12.8 Å². The fourth-order valence-electron chi connectivity index (χ4n) is 6.08. The maximum absolute atomic E-state index is 6.12. The summed E-state index contributed by atoms with van der Waals surface area (Å²) in [5.41, 5.74) is 0.333. The molecule has 1 saturated heterocycles. The molecule has 0 radical (unpaired) electrons. The minimum atomic E-state index is 0. The first-order chi connectivity index (χ1) is 13.7. The van der Waals surface area contributed by atoms with Crippen LogP contribution in [0.1, 0.15) is 50.2 Å². The summed E-state index contributed by atoms with van der Waals surface area (Å²) in [4.78, 5) is 9.12. The summed E-state index contributed by atoms with van der Waals surface area (Å²) in [6, 6.07) is 0.804. The molecule has 1 aromatic heterocycles. The Morgan fingerprint density at radius 1 is 1.31 bits per heavy atom. The molecule has 2 saturated carbocycles. The van der Waals surface area contributed by atoms with Gasteiger partial charge in [0.2, 0.25) is 0 Å². The van der Waals surface area contributed by atoms with Crippen LogP contribution in [0.15, 0.2) is 4.99 Å². The van der Waals surface area contributed by atoms with Gasteiger partial charge >= 0.3 is 0 Å². The van der Waals surface area contributed by atoms with Crippen LogP contribution in [-0.4, -0.2) is 59.7 Å². The largest absolute Gasteiger partial charge is 0.377 e. The van der Waals surface area contributed by atoms with Crippen molar-refractivity contribution in [3.05, 3.63) is 11.6 Å². The Labute approximate surface area is 189 Å². The Kier molecular flexibility index (Phi) is 6.36. The highest BCUT2D eigenvalue weighted by molar-refractivity contribution is 14.0. The van der Waals surface area contributed by atoms with Crippen LogP contribution in [0.25, 0.3) is 0 Å². The van der Waals surface area contributed by atoms with Gasteiger partial charge in [-0.15, -0.1) is 24.0 Å². The molecular formula is C20H33IN6O2. The van der Waals surface area contributed by atoms with E-state index < -0.39 is 0 Å². The van der Waals surface area contributed by atoms with Crippen molar-refractivity contribution in [1.82, 2.24) is 25.4 Å². The number of aromatic nitrogens is 3. The van der Waals surface area contributed by atoms with Gasteiger partial charge in [-0.25, -0.2) is 9.67 Å². The first-order valence-electron chi connectivity index (χ1n) is 10.8. The number of nitrogens with one attached hydrogen (secondary N) is 2. The molecule has 3 heterocycles. The first kappa shape index (κ1) is 21.3. The van der Waals surface area contributed by atoms with E-state index in [4.69, 9.17) is 9.47 Å². The van der Waals surface area contributed by atoms with E-state index in [0.717, 1.165) is 43.6 Å². The number of guanidine groups is 1. The molecule has 0 bridgehead atoms. The average molecular weight is 516 g/mol. The predicted octanol–water partition coefficient (Wildman–Crippen LogP) is 1.87. The number of halogens is 1. The molecular weight excluding hydrogens is 483 g/mol. The van der Waals surface area contributed by atoms with Gasteiger partial charge in [-0.3, -0.25) is 4.99 Å². The highest BCUT2D eigenvalue weighted by Gasteiger charge is 2.65. The average Bonchev–Trinajstić information content (AvgIpc) is 3.42. The normalized spacial score (nSPS) is 32.3. The van der Waals surface area contributed by atoms with Crippen LogP contribution in [0.5, 0.6) is 0 Å². The highest BCUT2D eigenvalue weighted by atomic mass is 127. The molecule has 29 heavy (non-hydrogen) atoms. The molecule has 0 amide bonds. The van der Waals surface area contributed by atoms with Crippen LogP contribution < -0.4 is 10.6 Å². The molecule has 2 aliphatic carbocycles. The molecule has 5 rings (SSSR count). The number of aliphatic imine (C=N–C) groups is 1. The van der Waals surface area contributed by atoms with E-state index in [2.05, 4.69) is 25.7 Å². The molecule has 2 N–H and O–H groups in total. The fourth-order valence-corrected chi connectivity index (χ4v) is 6.08. The molecule has 4 aliphatic rings. The summed E-state index contributed by atoms with van der Waals surface area (Å²) in [5.74, 6) is 3.39. The van der Waals surface area contributed by atoms with Crippen molar-refractivity contribution < 1.29 is 9.47 Å². The smallest absolute Gasteiger partial charge is 0.191 e. The van der Waals surface area contributed by atoms with Crippen LogP contribution in [0.2, 0.25) is 0 Å². The minimum absolute atomic E-state index is 0. The highest BCUT2D eigenvalue weighted by Crippen LogP contribution is 2.60. The van der Waals surface area contributed by atoms with Crippen molar-refractivity contribution in [3.8, 4) is 0 Å². The standard InChI is InChI=1S/C20H32N6O2.HI/c1-21-19(22-13-5-6-16-23-15(12-27-2)25-26(16)11-13)24-17-14-7-10-28-18(14)20(17)8-3-4-9-20;/h13-14,17-18H,3-12H2,1-2H3,(H2,21,22,24);1H. The van der Waals surface area contributed by atoms with Gasteiger partial charge in [0.25, 0.3) is 0 Å². The van der Waals surface area contributed by atoms with Gasteiger partial charge in [0.15, 0.2) is 11.8 Å². The second-order valence-corrected chi connectivity index (χ2v) is 8.82. The van der Waals surface area contributed by atoms with E-state index in [1.165, 1.54) is 32.1 Å². The fraction of sp³-hybridized carbons (Fsp3) is 0.850. The summed E-state index contributed by atoms with van der Waals surface area (Å²) < 4.78 is 13.3. The second kappa shape index (κ2) is 8.66. The molecule has 9 heteroatoms. The molecule has 3 fully saturated rings. The molecule has 162 valence electrons. The number of ether oxygens (including phenoxy) is 2. The molecule has 4 unspecified atom stereocenters. The number of fused-ring (bicyclic) bond motifs is 3. The molecule has 1 aromatic rings. The maximum atomic E-state index is 6.12. The van der Waals surface area contributed by atoms with Crippen molar-refractivity contribution in [1.29, 1.82) is 0 Å². The molecule has 8 nitrogen and oxygen atoms in total. The van der Waals surface area contributed by atoms with Crippen molar-refractivity contribution >= 4 is 29.9 Å². The van der Waals surface area contributed by atoms with Gasteiger partial charge in [0.05, 0.1) is 12.6 Å². The number of methoxy groups -OCH3 is 1. The predicted molar refractivity (Wildman–Crippen MR) is 120 cm³/mol. The van der Waals surface area contributed by atoms with Gasteiger partial charge in [-0.2, -0.15) is 5.10 Å². The number of hydrogen-bond donors (Lipinski definition) is 2. The van der Waals surface area contributed by atoms with Crippen molar-refractivity contribution in [2.75, 3.05) is 20.8 Å². The number of nitrogens with zero attached hydrogens (tertiary/aromatic N) is 4. The molecule has 0 aromatic carbocycles. The van der Waals surface area contributed by atoms with Gasteiger partial charge < -0.3 is 20.1 Å². The topological polar surface area (TPSA) is 85.6 Å². The van der Waals surface area contributed by atoms with Gasteiger partial charge in [0.1, 0.15) is 12.4 Å². The lowest BCUT2D eigenvalue weighted by Crippen LogP contribution is -2.69. The number of aryl methyl sites for hydroxylation is 1. The molecule has 4 atom stereocenters. The summed E-state index contributed by atoms with van der Waals surface area (Å²) in [7, 11) is 3.55. The van der Waals surface area contributed by atoms with Crippen molar-refractivity contribution in [2.45, 2.75) is 76.3 Å². The zero-order chi connectivity index (χ0) is 19.1. The first-order valence-corrected chi connectivity index (χ1v) is 10.8. The van der Waals surface area contributed by atoms with Crippen LogP contribution in [0.3, 0.4) is 0 Å². The Morgan fingerprint density at radius 3 is 2.90 bits per heavy atom. The zero-order valence-electron chi connectivity index (χ0n) is 17.4. The van der Waals surface area contributed by atoms with E-state index in [1.807, 2.05) is 11.7 Å². The van der Waals surface area contributed by atoms with E-state index >= 15 is 0 Å². The van der Waals surface area contributed by atoms with E-state index in [1.54, 1.807) is 7.11 Å². The Balaban J connectivity index is 0.00000205. The minimum Gasteiger partial charge on any atom is -0.377 e. The van der Waals surface area contributed by atoms with Crippen LogP contribution >= 0.6 is 24.0 Å². The van der Waals surface area contributed by atoms with E-state index in [-0.39, 0.29) is 24.0 Å². The summed E-state index contributed by atoms with van der Waals surface area (Å²) in [6.45, 7) is 2.20. The summed E-state index contributed by atoms with van der Waals surface area (Å²) in [6.07, 6.45) is 8.85.